The van der Waals surface area contributed by atoms with E-state index in [0.29, 0.717) is 0 Å². The molecule has 0 bridgehead atoms. The number of rotatable bonds is 2. The van der Waals surface area contributed by atoms with Gasteiger partial charge in [0, 0.05) is 12.0 Å². The molecule has 0 radical (unpaired) electrons. The van der Waals surface area contributed by atoms with Crippen molar-refractivity contribution in [3.8, 4) is 0 Å². The van der Waals surface area contributed by atoms with Gasteiger partial charge in [0.2, 0.25) is 5.91 Å². The van der Waals surface area contributed by atoms with Crippen molar-refractivity contribution in [2.24, 2.45) is 11.3 Å². The molecular formula is C9H17NO. The molecule has 0 spiro atoms. The lowest BCUT2D eigenvalue weighted by atomic mass is 10.1. The van der Waals surface area contributed by atoms with Gasteiger partial charge in [0.05, 0.1) is 0 Å². The van der Waals surface area contributed by atoms with Gasteiger partial charge in [0.25, 0.3) is 0 Å². The van der Waals surface area contributed by atoms with Crippen molar-refractivity contribution >= 4 is 5.91 Å². The number of carbonyl (C=O) groups is 1. The van der Waals surface area contributed by atoms with Crippen molar-refractivity contribution in [3.63, 3.8) is 0 Å². The van der Waals surface area contributed by atoms with Crippen LogP contribution < -0.4 is 5.32 Å². The van der Waals surface area contributed by atoms with Crippen molar-refractivity contribution in [2.75, 3.05) is 0 Å². The standard InChI is InChI=1S/C9H17NO/c1-6(2)10-8(11)7-5-9(7,3)4/h6-7H,5H2,1-4H3,(H,10,11)/t7-/m1/s1. The first-order valence-corrected chi connectivity index (χ1v) is 4.24. The summed E-state index contributed by atoms with van der Waals surface area (Å²) in [7, 11) is 0. The second-order valence-corrected chi connectivity index (χ2v) is 4.41. The molecule has 1 atom stereocenters. The second-order valence-electron chi connectivity index (χ2n) is 4.41. The van der Waals surface area contributed by atoms with Crippen molar-refractivity contribution in [2.45, 2.75) is 40.2 Å². The Hall–Kier alpha value is -0.530. The van der Waals surface area contributed by atoms with Gasteiger partial charge in [-0.05, 0) is 25.7 Å². The van der Waals surface area contributed by atoms with Gasteiger partial charge >= 0.3 is 0 Å². The molecule has 1 fully saturated rings. The fourth-order valence-corrected chi connectivity index (χ4v) is 1.30. The Morgan fingerprint density at radius 1 is 1.55 bits per heavy atom. The minimum absolute atomic E-state index is 0.227. The van der Waals surface area contributed by atoms with Gasteiger partial charge in [-0.25, -0.2) is 0 Å². The Labute approximate surface area is 68.4 Å². The molecule has 1 amide bonds. The lowest BCUT2D eigenvalue weighted by Gasteiger charge is -2.08. The van der Waals surface area contributed by atoms with Crippen LogP contribution in [0.2, 0.25) is 0 Å². The van der Waals surface area contributed by atoms with Crippen molar-refractivity contribution < 1.29 is 4.79 Å². The number of carbonyl (C=O) groups excluding carboxylic acids is 1. The number of nitrogens with one attached hydrogen (secondary N) is 1. The molecule has 1 aliphatic carbocycles. The molecular weight excluding hydrogens is 138 g/mol. The Morgan fingerprint density at radius 3 is 2.27 bits per heavy atom. The average Bonchev–Trinajstić information content (AvgIpc) is 2.38. The van der Waals surface area contributed by atoms with E-state index in [4.69, 9.17) is 0 Å². The number of hydrogen-bond donors (Lipinski definition) is 1. The molecule has 1 aliphatic rings. The van der Waals surface area contributed by atoms with Crippen LogP contribution in [0.4, 0.5) is 0 Å². The number of amides is 1. The Kier molecular flexibility index (Phi) is 1.95. The zero-order chi connectivity index (χ0) is 8.65. The van der Waals surface area contributed by atoms with Crippen LogP contribution in [0, 0.1) is 11.3 Å². The van der Waals surface area contributed by atoms with Crippen LogP contribution in [0.1, 0.15) is 34.1 Å². The maximum Gasteiger partial charge on any atom is 0.223 e. The smallest absolute Gasteiger partial charge is 0.223 e. The molecule has 0 aromatic carbocycles. The third kappa shape index (κ3) is 1.95. The van der Waals surface area contributed by atoms with Crippen LogP contribution in [-0.2, 0) is 4.79 Å². The summed E-state index contributed by atoms with van der Waals surface area (Å²) in [6, 6.07) is 0.277. The molecule has 0 aliphatic heterocycles. The largest absolute Gasteiger partial charge is 0.354 e. The molecule has 64 valence electrons. The van der Waals surface area contributed by atoms with Crippen molar-refractivity contribution in [3.05, 3.63) is 0 Å². The fraction of sp³-hybridized carbons (Fsp3) is 0.889. The van der Waals surface area contributed by atoms with E-state index in [1.807, 2.05) is 13.8 Å². The van der Waals surface area contributed by atoms with Crippen LogP contribution in [-0.4, -0.2) is 11.9 Å². The molecule has 0 saturated heterocycles. The quantitative estimate of drug-likeness (QED) is 0.644. The average molecular weight is 155 g/mol. The molecule has 1 saturated carbocycles. The molecule has 2 heteroatoms. The lowest BCUT2D eigenvalue weighted by Crippen LogP contribution is -2.32. The minimum atomic E-state index is 0.227. The Morgan fingerprint density at radius 2 is 2.00 bits per heavy atom. The topological polar surface area (TPSA) is 29.1 Å². The zero-order valence-electron chi connectivity index (χ0n) is 7.77. The molecule has 2 nitrogen and oxygen atoms in total. The molecule has 1 rings (SSSR count). The van der Waals surface area contributed by atoms with Crippen LogP contribution in [0.5, 0.6) is 0 Å². The third-order valence-electron chi connectivity index (χ3n) is 2.26. The maximum absolute atomic E-state index is 11.3. The van der Waals surface area contributed by atoms with Crippen molar-refractivity contribution in [1.82, 2.24) is 5.32 Å². The first-order valence-electron chi connectivity index (χ1n) is 4.24. The first kappa shape index (κ1) is 8.57. The SMILES string of the molecule is CC(C)NC(=O)[C@H]1CC1(C)C. The summed E-state index contributed by atoms with van der Waals surface area (Å²) in [4.78, 5) is 11.3. The minimum Gasteiger partial charge on any atom is -0.354 e. The van der Waals surface area contributed by atoms with Crippen LogP contribution in [0.25, 0.3) is 0 Å². The fourth-order valence-electron chi connectivity index (χ4n) is 1.30. The second kappa shape index (κ2) is 2.50. The van der Waals surface area contributed by atoms with E-state index in [9.17, 15) is 4.79 Å². The van der Waals surface area contributed by atoms with Gasteiger partial charge in [-0.15, -0.1) is 0 Å². The number of hydrogen-bond acceptors (Lipinski definition) is 1. The van der Waals surface area contributed by atoms with E-state index in [2.05, 4.69) is 19.2 Å². The van der Waals surface area contributed by atoms with Crippen LogP contribution in [0.3, 0.4) is 0 Å². The van der Waals surface area contributed by atoms with Gasteiger partial charge in [0.1, 0.15) is 0 Å². The normalized spacial score (nSPS) is 26.8. The van der Waals surface area contributed by atoms with E-state index in [-0.39, 0.29) is 23.3 Å². The highest BCUT2D eigenvalue weighted by Gasteiger charge is 2.50. The summed E-state index contributed by atoms with van der Waals surface area (Å²) in [5.74, 6) is 0.495. The Balaban J connectivity index is 2.34. The van der Waals surface area contributed by atoms with Gasteiger partial charge in [-0.3, -0.25) is 4.79 Å². The monoisotopic (exact) mass is 155 g/mol. The highest BCUT2D eigenvalue weighted by Crippen LogP contribution is 2.51. The predicted octanol–water partition coefficient (Wildman–Crippen LogP) is 1.56. The van der Waals surface area contributed by atoms with E-state index >= 15 is 0 Å². The lowest BCUT2D eigenvalue weighted by molar-refractivity contribution is -0.123. The third-order valence-corrected chi connectivity index (χ3v) is 2.26. The molecule has 1 N–H and O–H groups in total. The zero-order valence-corrected chi connectivity index (χ0v) is 7.77. The van der Waals surface area contributed by atoms with Gasteiger partial charge in [0.15, 0.2) is 0 Å². The van der Waals surface area contributed by atoms with E-state index in [1.165, 1.54) is 0 Å². The summed E-state index contributed by atoms with van der Waals surface area (Å²) in [5, 5.41) is 2.92. The van der Waals surface area contributed by atoms with Gasteiger partial charge in [-0.1, -0.05) is 13.8 Å². The van der Waals surface area contributed by atoms with E-state index < -0.39 is 0 Å². The summed E-state index contributed by atoms with van der Waals surface area (Å²) >= 11 is 0. The predicted molar refractivity (Wildman–Crippen MR) is 45.2 cm³/mol. The van der Waals surface area contributed by atoms with E-state index in [0.717, 1.165) is 6.42 Å². The van der Waals surface area contributed by atoms with Crippen LogP contribution >= 0.6 is 0 Å². The molecule has 0 aromatic rings. The highest BCUT2D eigenvalue weighted by molar-refractivity contribution is 5.82. The maximum atomic E-state index is 11.3. The van der Waals surface area contributed by atoms with E-state index in [1.54, 1.807) is 0 Å². The van der Waals surface area contributed by atoms with Gasteiger partial charge < -0.3 is 5.32 Å². The van der Waals surface area contributed by atoms with Crippen molar-refractivity contribution in [1.29, 1.82) is 0 Å². The molecule has 11 heavy (non-hydrogen) atoms. The summed E-state index contributed by atoms with van der Waals surface area (Å²) in [6.07, 6.45) is 1.05. The molecule has 0 aromatic heterocycles. The molecule has 0 heterocycles. The first-order chi connectivity index (χ1) is 4.93. The summed E-state index contributed by atoms with van der Waals surface area (Å²) in [6.45, 7) is 8.26. The summed E-state index contributed by atoms with van der Waals surface area (Å²) in [5.41, 5.74) is 0.263. The van der Waals surface area contributed by atoms with Crippen LogP contribution in [0.15, 0.2) is 0 Å². The van der Waals surface area contributed by atoms with Gasteiger partial charge in [-0.2, -0.15) is 0 Å². The molecule has 0 unspecified atom stereocenters. The summed E-state index contributed by atoms with van der Waals surface area (Å²) < 4.78 is 0. The highest BCUT2D eigenvalue weighted by atomic mass is 16.2. The Bertz CT molecular complexity index is 172.